The van der Waals surface area contributed by atoms with Crippen LogP contribution in [0.3, 0.4) is 0 Å². The summed E-state index contributed by atoms with van der Waals surface area (Å²) in [4.78, 5) is 14.8. The van der Waals surface area contributed by atoms with Crippen molar-refractivity contribution in [3.63, 3.8) is 0 Å². The van der Waals surface area contributed by atoms with Gasteiger partial charge < -0.3 is 0 Å². The molecule has 3 nitrogen and oxygen atoms in total. The fraction of sp³-hybridized carbons (Fsp3) is 0.171. The Balaban J connectivity index is 1.43. The van der Waals surface area contributed by atoms with Crippen LogP contribution in [0.2, 0.25) is 0 Å². The zero-order valence-electron chi connectivity index (χ0n) is 22.2. The minimum Gasteiger partial charge on any atom is -0.208 e. The SMILES string of the molecule is CC1(C)C2=C(c3ccccc31)C(C)(C)c1ccc(-c3nc(-c4ccccc4)nc(-c4ccccc4)n3)cc12. The van der Waals surface area contributed by atoms with Crippen LogP contribution in [0.15, 0.2) is 103 Å². The van der Waals surface area contributed by atoms with Crippen molar-refractivity contribution in [1.29, 1.82) is 0 Å². The summed E-state index contributed by atoms with van der Waals surface area (Å²) in [6.07, 6.45) is 0. The Hall–Kier alpha value is -4.37. The molecular weight excluding hydrogens is 462 g/mol. The van der Waals surface area contributed by atoms with Crippen LogP contribution in [-0.4, -0.2) is 15.0 Å². The molecule has 5 aromatic rings. The lowest BCUT2D eigenvalue weighted by Crippen LogP contribution is -2.19. The molecule has 0 bridgehead atoms. The lowest BCUT2D eigenvalue weighted by atomic mass is 9.75. The maximum Gasteiger partial charge on any atom is 0.164 e. The number of fused-ring (bicyclic) bond motifs is 4. The Morgan fingerprint density at radius 3 is 1.45 bits per heavy atom. The van der Waals surface area contributed by atoms with Gasteiger partial charge in [0.1, 0.15) is 0 Å². The van der Waals surface area contributed by atoms with Gasteiger partial charge in [-0.1, -0.05) is 125 Å². The molecule has 1 aromatic heterocycles. The van der Waals surface area contributed by atoms with E-state index in [-0.39, 0.29) is 10.8 Å². The van der Waals surface area contributed by atoms with Crippen LogP contribution in [-0.2, 0) is 10.8 Å². The van der Waals surface area contributed by atoms with E-state index in [1.807, 2.05) is 36.4 Å². The zero-order chi connectivity index (χ0) is 26.1. The van der Waals surface area contributed by atoms with E-state index in [1.54, 1.807) is 0 Å². The second-order valence-electron chi connectivity index (χ2n) is 11.3. The lowest BCUT2D eigenvalue weighted by molar-refractivity contribution is 0.694. The molecule has 0 aliphatic heterocycles. The lowest BCUT2D eigenvalue weighted by Gasteiger charge is -2.28. The van der Waals surface area contributed by atoms with E-state index in [1.165, 1.54) is 33.4 Å². The minimum atomic E-state index is -0.0728. The molecule has 0 spiro atoms. The fourth-order valence-corrected chi connectivity index (χ4v) is 6.46. The van der Waals surface area contributed by atoms with Gasteiger partial charge in [-0.15, -0.1) is 0 Å². The predicted molar refractivity (Wildman–Crippen MR) is 155 cm³/mol. The zero-order valence-corrected chi connectivity index (χ0v) is 22.2. The van der Waals surface area contributed by atoms with Crippen molar-refractivity contribution in [3.05, 3.63) is 125 Å². The van der Waals surface area contributed by atoms with Crippen molar-refractivity contribution in [2.75, 3.05) is 0 Å². The molecule has 3 heteroatoms. The average Bonchev–Trinajstić information content (AvgIpc) is 3.35. The van der Waals surface area contributed by atoms with Crippen LogP contribution in [0.5, 0.6) is 0 Å². The Kier molecular flexibility index (Phi) is 4.84. The van der Waals surface area contributed by atoms with Crippen molar-refractivity contribution in [1.82, 2.24) is 15.0 Å². The van der Waals surface area contributed by atoms with Gasteiger partial charge in [0.15, 0.2) is 17.5 Å². The van der Waals surface area contributed by atoms with E-state index in [2.05, 4.69) is 94.4 Å². The summed E-state index contributed by atoms with van der Waals surface area (Å²) in [5.74, 6) is 2.06. The van der Waals surface area contributed by atoms with Gasteiger partial charge in [-0.05, 0) is 39.5 Å². The molecule has 2 aliphatic carbocycles. The summed E-state index contributed by atoms with van der Waals surface area (Å²) in [6, 6.07) is 36.0. The third kappa shape index (κ3) is 3.24. The van der Waals surface area contributed by atoms with Crippen LogP contribution in [0.25, 0.3) is 45.3 Å². The first-order valence-corrected chi connectivity index (χ1v) is 13.2. The monoisotopic (exact) mass is 491 g/mol. The van der Waals surface area contributed by atoms with Crippen molar-refractivity contribution in [2.24, 2.45) is 0 Å². The largest absolute Gasteiger partial charge is 0.208 e. The molecule has 0 amide bonds. The van der Waals surface area contributed by atoms with Crippen LogP contribution >= 0.6 is 0 Å². The van der Waals surface area contributed by atoms with E-state index in [0.29, 0.717) is 17.5 Å². The van der Waals surface area contributed by atoms with Crippen molar-refractivity contribution >= 4 is 11.1 Å². The number of hydrogen-bond acceptors (Lipinski definition) is 3. The van der Waals surface area contributed by atoms with Crippen molar-refractivity contribution in [2.45, 2.75) is 38.5 Å². The summed E-state index contributed by atoms with van der Waals surface area (Å²) in [7, 11) is 0. The first-order chi connectivity index (χ1) is 18.4. The molecule has 0 fully saturated rings. The number of hydrogen-bond donors (Lipinski definition) is 0. The first kappa shape index (κ1) is 22.8. The topological polar surface area (TPSA) is 38.7 Å². The predicted octanol–water partition coefficient (Wildman–Crippen LogP) is 8.37. The van der Waals surface area contributed by atoms with E-state index in [4.69, 9.17) is 15.0 Å². The first-order valence-electron chi connectivity index (χ1n) is 13.2. The minimum absolute atomic E-state index is 0.0728. The van der Waals surface area contributed by atoms with E-state index in [9.17, 15) is 0 Å². The van der Waals surface area contributed by atoms with E-state index in [0.717, 1.165) is 16.7 Å². The Labute approximate surface area is 224 Å². The van der Waals surface area contributed by atoms with Gasteiger partial charge in [0.05, 0.1) is 0 Å². The normalized spacial score (nSPS) is 16.2. The maximum absolute atomic E-state index is 4.98. The molecule has 0 saturated carbocycles. The fourth-order valence-electron chi connectivity index (χ4n) is 6.46. The van der Waals surface area contributed by atoms with Gasteiger partial charge in [0.2, 0.25) is 0 Å². The summed E-state index contributed by atoms with van der Waals surface area (Å²) < 4.78 is 0. The molecule has 0 radical (unpaired) electrons. The second-order valence-corrected chi connectivity index (χ2v) is 11.3. The standard InChI is InChI=1S/C35H29N3/c1-34(2)27-18-12-11-17-25(27)29-30(34)26-21-24(19-20-28(26)35(29,3)4)33-37-31(22-13-7-5-8-14-22)36-32(38-33)23-15-9-6-10-16-23/h5-21H,1-4H3. The second kappa shape index (κ2) is 8.06. The summed E-state index contributed by atoms with van der Waals surface area (Å²) in [5.41, 5.74) is 11.2. The Bertz CT molecular complexity index is 1690. The van der Waals surface area contributed by atoms with Gasteiger partial charge >= 0.3 is 0 Å². The summed E-state index contributed by atoms with van der Waals surface area (Å²) in [5, 5.41) is 0. The van der Waals surface area contributed by atoms with E-state index >= 15 is 0 Å². The van der Waals surface area contributed by atoms with Gasteiger partial charge in [0.25, 0.3) is 0 Å². The Morgan fingerprint density at radius 2 is 0.868 bits per heavy atom. The Morgan fingerprint density at radius 1 is 0.421 bits per heavy atom. The highest BCUT2D eigenvalue weighted by Gasteiger charge is 2.49. The van der Waals surface area contributed by atoms with Crippen LogP contribution in [0, 0.1) is 0 Å². The number of rotatable bonds is 3. The number of benzene rings is 4. The molecule has 38 heavy (non-hydrogen) atoms. The van der Waals surface area contributed by atoms with Gasteiger partial charge in [0, 0.05) is 27.5 Å². The van der Waals surface area contributed by atoms with Crippen molar-refractivity contribution in [3.8, 4) is 34.2 Å². The number of aromatic nitrogens is 3. The molecule has 7 rings (SSSR count). The number of nitrogens with zero attached hydrogens (tertiary/aromatic N) is 3. The molecule has 1 heterocycles. The molecular formula is C35H29N3. The maximum atomic E-state index is 4.98. The smallest absolute Gasteiger partial charge is 0.164 e. The van der Waals surface area contributed by atoms with Crippen molar-refractivity contribution < 1.29 is 0 Å². The molecule has 184 valence electrons. The molecule has 0 unspecified atom stereocenters. The average molecular weight is 492 g/mol. The molecule has 0 N–H and O–H groups in total. The molecule has 0 atom stereocenters. The number of allylic oxidation sites excluding steroid dienone is 2. The highest BCUT2D eigenvalue weighted by Crippen LogP contribution is 2.62. The van der Waals surface area contributed by atoms with Gasteiger partial charge in [-0.25, -0.2) is 15.0 Å². The molecule has 2 aliphatic rings. The van der Waals surface area contributed by atoms with E-state index < -0.39 is 0 Å². The van der Waals surface area contributed by atoms with Gasteiger partial charge in [-0.3, -0.25) is 0 Å². The van der Waals surface area contributed by atoms with Crippen LogP contribution in [0.1, 0.15) is 49.9 Å². The quantitative estimate of drug-likeness (QED) is 0.254. The third-order valence-electron chi connectivity index (χ3n) is 8.29. The van der Waals surface area contributed by atoms with Crippen LogP contribution in [0.4, 0.5) is 0 Å². The van der Waals surface area contributed by atoms with Gasteiger partial charge in [-0.2, -0.15) is 0 Å². The summed E-state index contributed by atoms with van der Waals surface area (Å²) in [6.45, 7) is 9.43. The summed E-state index contributed by atoms with van der Waals surface area (Å²) >= 11 is 0. The van der Waals surface area contributed by atoms with Crippen LogP contribution < -0.4 is 0 Å². The molecule has 4 aromatic carbocycles. The third-order valence-corrected chi connectivity index (χ3v) is 8.29. The molecule has 0 saturated heterocycles. The highest BCUT2D eigenvalue weighted by atomic mass is 15.0. The highest BCUT2D eigenvalue weighted by molar-refractivity contribution is 6.09.